The standard InChI is InChI=1S/C2H3NO2/c1-3-2(4)5/h1,3H,(H,4,5). The van der Waals surface area contributed by atoms with Gasteiger partial charge in [0.1, 0.15) is 0 Å². The van der Waals surface area contributed by atoms with Crippen LogP contribution in [0.1, 0.15) is 0 Å². The fraction of sp³-hybridized carbons (Fsp3) is 0. The van der Waals surface area contributed by atoms with Gasteiger partial charge in [0.2, 0.25) is 0 Å². The van der Waals surface area contributed by atoms with Crippen molar-refractivity contribution in [2.24, 2.45) is 0 Å². The Balaban J connectivity index is 2.85. The number of rotatable bonds is 0. The van der Waals surface area contributed by atoms with Gasteiger partial charge in [-0.2, -0.15) is 0 Å². The minimum Gasteiger partial charge on any atom is -0.465 e. The summed E-state index contributed by atoms with van der Waals surface area (Å²) in [5.41, 5.74) is 0. The van der Waals surface area contributed by atoms with E-state index in [2.05, 4.69) is 7.05 Å². The van der Waals surface area contributed by atoms with E-state index in [0.717, 1.165) is 0 Å². The highest BCUT2D eigenvalue weighted by Gasteiger charge is 1.77. The summed E-state index contributed by atoms with van der Waals surface area (Å²) in [7, 11) is 4.32. The van der Waals surface area contributed by atoms with E-state index >= 15 is 0 Å². The lowest BCUT2D eigenvalue weighted by molar-refractivity contribution is 0.198. The highest BCUT2D eigenvalue weighted by Crippen LogP contribution is 1.48. The summed E-state index contributed by atoms with van der Waals surface area (Å²) < 4.78 is 0. The summed E-state index contributed by atoms with van der Waals surface area (Å²) >= 11 is 0. The van der Waals surface area contributed by atoms with Gasteiger partial charge < -0.3 is 10.4 Å². The molecule has 0 aliphatic carbocycles. The van der Waals surface area contributed by atoms with E-state index in [1.54, 1.807) is 0 Å². The Bertz CT molecular complexity index is 42.9. The van der Waals surface area contributed by atoms with Gasteiger partial charge in [0.25, 0.3) is 0 Å². The molecule has 0 aliphatic rings. The van der Waals surface area contributed by atoms with Crippen LogP contribution in [0.4, 0.5) is 4.79 Å². The smallest absolute Gasteiger partial charge is 0.405 e. The largest absolute Gasteiger partial charge is 0.465 e. The average Bonchev–Trinajstić information content (AvgIpc) is 1.38. The van der Waals surface area contributed by atoms with Crippen LogP contribution in [-0.2, 0) is 0 Å². The molecule has 0 atom stereocenters. The molecule has 0 aromatic rings. The SMILES string of the molecule is [CH]NC(=O)O. The van der Waals surface area contributed by atoms with Crippen molar-refractivity contribution < 1.29 is 9.90 Å². The fourth-order valence-electron chi connectivity index (χ4n) is 0. The predicted molar refractivity (Wildman–Crippen MR) is 15.5 cm³/mol. The zero-order valence-corrected chi connectivity index (χ0v) is 2.43. The van der Waals surface area contributed by atoms with Crippen LogP contribution in [0.5, 0.6) is 0 Å². The fourth-order valence-corrected chi connectivity index (χ4v) is 0. The first-order chi connectivity index (χ1) is 2.27. The molecule has 0 fully saturated rings. The van der Waals surface area contributed by atoms with Crippen molar-refractivity contribution >= 4 is 6.09 Å². The van der Waals surface area contributed by atoms with Gasteiger partial charge in [-0.3, -0.25) is 0 Å². The molecule has 0 heterocycles. The quantitative estimate of drug-likeness (QED) is 0.394. The second kappa shape index (κ2) is 1.58. The maximum absolute atomic E-state index is 9.13. The summed E-state index contributed by atoms with van der Waals surface area (Å²) in [5, 5.41) is 8.93. The van der Waals surface area contributed by atoms with Crippen LogP contribution in [0.15, 0.2) is 0 Å². The molecule has 3 nitrogen and oxygen atoms in total. The minimum atomic E-state index is -1.22. The first-order valence-electron chi connectivity index (χ1n) is 0.966. The molecule has 0 spiro atoms. The maximum Gasteiger partial charge on any atom is 0.405 e. The summed E-state index contributed by atoms with van der Waals surface area (Å²) in [4.78, 5) is 9.13. The van der Waals surface area contributed by atoms with E-state index in [9.17, 15) is 0 Å². The third-order valence-electron chi connectivity index (χ3n) is 0.123. The second-order valence-electron chi connectivity index (χ2n) is 0.449. The summed E-state index contributed by atoms with van der Waals surface area (Å²) in [6.45, 7) is 0. The molecule has 1 amide bonds. The van der Waals surface area contributed by atoms with Gasteiger partial charge in [-0.05, 0) is 0 Å². The molecule has 0 unspecified atom stereocenters. The molecular formula is C2H3NO2. The monoisotopic (exact) mass is 73.0 g/mol. The van der Waals surface area contributed by atoms with Crippen LogP contribution in [0.25, 0.3) is 0 Å². The van der Waals surface area contributed by atoms with Crippen molar-refractivity contribution in [2.45, 2.75) is 0 Å². The number of hydrogen-bond donors (Lipinski definition) is 2. The summed E-state index contributed by atoms with van der Waals surface area (Å²) in [6.07, 6.45) is -1.22. The zero-order valence-electron chi connectivity index (χ0n) is 2.43. The van der Waals surface area contributed by atoms with E-state index in [1.165, 1.54) is 5.32 Å². The molecule has 0 saturated heterocycles. The Morgan fingerprint density at radius 3 is 2.20 bits per heavy atom. The number of carboxylic acid groups (broad SMARTS) is 1. The lowest BCUT2D eigenvalue weighted by atomic mass is 11.1. The maximum atomic E-state index is 9.13. The van der Waals surface area contributed by atoms with Crippen LogP contribution < -0.4 is 5.32 Å². The highest BCUT2D eigenvalue weighted by atomic mass is 16.4. The molecule has 3 heteroatoms. The molecule has 2 N–H and O–H groups in total. The Labute approximate surface area is 29.6 Å². The van der Waals surface area contributed by atoms with Gasteiger partial charge in [0, 0.05) is 0 Å². The van der Waals surface area contributed by atoms with Gasteiger partial charge in [0.15, 0.2) is 0 Å². The van der Waals surface area contributed by atoms with E-state index < -0.39 is 6.09 Å². The van der Waals surface area contributed by atoms with Gasteiger partial charge in [-0.15, -0.1) is 0 Å². The van der Waals surface area contributed by atoms with Crippen molar-refractivity contribution in [3.8, 4) is 0 Å². The molecule has 0 bridgehead atoms. The summed E-state index contributed by atoms with van der Waals surface area (Å²) in [5.74, 6) is 0. The molecule has 0 saturated carbocycles. The van der Waals surface area contributed by atoms with Gasteiger partial charge in [-0.25, -0.2) is 4.79 Å². The number of hydrogen-bond acceptors (Lipinski definition) is 1. The van der Waals surface area contributed by atoms with Gasteiger partial charge >= 0.3 is 6.09 Å². The van der Waals surface area contributed by atoms with Crippen molar-refractivity contribution in [3.05, 3.63) is 7.05 Å². The van der Waals surface area contributed by atoms with Crippen molar-refractivity contribution in [1.82, 2.24) is 5.32 Å². The molecule has 0 aromatic heterocycles. The van der Waals surface area contributed by atoms with Crippen molar-refractivity contribution in [1.29, 1.82) is 0 Å². The molecule has 0 aromatic carbocycles. The van der Waals surface area contributed by atoms with Crippen LogP contribution in [0.2, 0.25) is 0 Å². The molecule has 0 aliphatic heterocycles. The molecule has 0 rings (SSSR count). The van der Waals surface area contributed by atoms with Crippen LogP contribution in [-0.4, -0.2) is 11.2 Å². The van der Waals surface area contributed by atoms with E-state index in [1.807, 2.05) is 0 Å². The van der Waals surface area contributed by atoms with Gasteiger partial charge in [0.05, 0.1) is 7.05 Å². The van der Waals surface area contributed by atoms with Gasteiger partial charge in [-0.1, -0.05) is 0 Å². The van der Waals surface area contributed by atoms with Crippen molar-refractivity contribution in [3.63, 3.8) is 0 Å². The third kappa shape index (κ3) is 3.27. The minimum absolute atomic E-state index is 1.22. The molecule has 28 valence electrons. The number of nitrogens with one attached hydrogen (secondary N) is 1. The average molecular weight is 73.1 g/mol. The first kappa shape index (κ1) is 4.27. The second-order valence-corrected chi connectivity index (χ2v) is 0.449. The lowest BCUT2D eigenvalue weighted by Gasteiger charge is -1.77. The Kier molecular flexibility index (Phi) is 1.35. The van der Waals surface area contributed by atoms with E-state index in [0.29, 0.717) is 0 Å². The van der Waals surface area contributed by atoms with Crippen LogP contribution in [0.3, 0.4) is 0 Å². The number of carbonyl (C=O) groups is 1. The van der Waals surface area contributed by atoms with Crippen molar-refractivity contribution in [2.75, 3.05) is 0 Å². The highest BCUT2D eigenvalue weighted by molar-refractivity contribution is 5.64. The molecular weight excluding hydrogens is 70.0 g/mol. The third-order valence-corrected chi connectivity index (χ3v) is 0.123. The Morgan fingerprint density at radius 1 is 2.00 bits per heavy atom. The molecule has 5 heavy (non-hydrogen) atoms. The number of amides is 1. The Morgan fingerprint density at radius 2 is 2.20 bits per heavy atom. The normalized spacial score (nSPS) is 6.60. The van der Waals surface area contributed by atoms with Crippen LogP contribution in [0, 0.1) is 7.05 Å². The van der Waals surface area contributed by atoms with E-state index in [4.69, 9.17) is 9.90 Å². The Hall–Kier alpha value is -0.730. The summed E-state index contributed by atoms with van der Waals surface area (Å²) in [6, 6.07) is 0. The topological polar surface area (TPSA) is 49.3 Å². The lowest BCUT2D eigenvalue weighted by Crippen LogP contribution is -2.10. The van der Waals surface area contributed by atoms with E-state index in [-0.39, 0.29) is 0 Å². The first-order valence-corrected chi connectivity index (χ1v) is 0.966. The molecule has 2 radical (unpaired) electrons. The predicted octanol–water partition coefficient (Wildman–Crippen LogP) is -0.0774. The van der Waals surface area contributed by atoms with Crippen LogP contribution >= 0.6 is 0 Å². The zero-order chi connectivity index (χ0) is 4.28.